The van der Waals surface area contributed by atoms with Crippen molar-refractivity contribution in [2.45, 2.75) is 63.7 Å². The summed E-state index contributed by atoms with van der Waals surface area (Å²) in [5.74, 6) is -1.90. The molecule has 75 heavy (non-hydrogen) atoms. The second-order valence-corrected chi connectivity index (χ2v) is 17.7. The molecule has 0 heterocycles. The number of ether oxygens (including phenoxy) is 5. The third-order valence-electron chi connectivity index (χ3n) is 11.5. The molecular formula is C58H54F6N2O9. The monoisotopic (exact) mass is 1040 g/mol. The lowest BCUT2D eigenvalue weighted by Gasteiger charge is -2.33. The normalized spacial score (nSPS) is 11.9. The van der Waals surface area contributed by atoms with Crippen molar-refractivity contribution in [3.63, 3.8) is 0 Å². The van der Waals surface area contributed by atoms with E-state index >= 15 is 0 Å². The summed E-state index contributed by atoms with van der Waals surface area (Å²) in [7, 11) is 0. The number of nitrogen functional groups attached to an aromatic ring is 2. The van der Waals surface area contributed by atoms with Crippen LogP contribution in [0.15, 0.2) is 158 Å². The van der Waals surface area contributed by atoms with Gasteiger partial charge in [0.2, 0.25) is 0 Å². The predicted octanol–water partition coefficient (Wildman–Crippen LogP) is 12.6. The Morgan fingerprint density at radius 2 is 0.840 bits per heavy atom. The first-order chi connectivity index (χ1) is 35.8. The number of alkyl halides is 6. The minimum Gasteiger partial charge on any atom is -0.494 e. The summed E-state index contributed by atoms with van der Waals surface area (Å²) in [6.45, 7) is -0.496. The van der Waals surface area contributed by atoms with Gasteiger partial charge in [0.15, 0.2) is 0 Å². The molecule has 6 rings (SSSR count). The fourth-order valence-corrected chi connectivity index (χ4v) is 7.56. The molecule has 0 fully saturated rings. The first-order valence-corrected chi connectivity index (χ1v) is 23.8. The molecule has 0 aliphatic carbocycles. The molecule has 6 aromatic rings. The number of unbranched alkanes of at least 4 members (excludes halogenated alkanes) is 1. The maximum atomic E-state index is 13.4. The summed E-state index contributed by atoms with van der Waals surface area (Å²) in [5, 5.41) is 0. The van der Waals surface area contributed by atoms with Gasteiger partial charge in [-0.1, -0.05) is 60.7 Å². The van der Waals surface area contributed by atoms with Gasteiger partial charge in [0.25, 0.3) is 0 Å². The van der Waals surface area contributed by atoms with Crippen LogP contribution in [0.25, 0.3) is 12.2 Å². The van der Waals surface area contributed by atoms with Crippen molar-refractivity contribution >= 4 is 47.4 Å². The summed E-state index contributed by atoms with van der Waals surface area (Å²) >= 11 is 0. The summed E-state index contributed by atoms with van der Waals surface area (Å²) in [6, 6.07) is 39.3. The van der Waals surface area contributed by atoms with Crippen LogP contribution in [0.2, 0.25) is 0 Å². The Hall–Kier alpha value is -8.34. The molecule has 0 spiro atoms. The Bertz CT molecular complexity index is 2670. The number of carbonyl (C=O) groups is 4. The highest BCUT2D eigenvalue weighted by atomic mass is 19.4. The molecule has 0 aromatic heterocycles. The summed E-state index contributed by atoms with van der Waals surface area (Å²) in [5.41, 5.74) is 16.2. The van der Waals surface area contributed by atoms with Crippen LogP contribution in [0, 0.1) is 5.41 Å². The van der Waals surface area contributed by atoms with E-state index in [0.29, 0.717) is 53.9 Å². The van der Waals surface area contributed by atoms with Crippen LogP contribution >= 0.6 is 0 Å². The average molecular weight is 1040 g/mol. The second kappa shape index (κ2) is 26.6. The van der Waals surface area contributed by atoms with Gasteiger partial charge >= 0.3 is 36.2 Å². The van der Waals surface area contributed by atoms with Gasteiger partial charge in [0.1, 0.15) is 30.5 Å². The first kappa shape index (κ1) is 56.0. The standard InChI is InChI=1S/C58H54F6N2O9/c59-57(60,61)33-2-1-4-40-5-17-45(18-6-40)54(69)74-50-25-11-41(12-26-50)15-31-52(67)72-38-56(36-43-7-21-47(65)22-8-43,37-44-9-23-48(66)24-10-44)39-73-53(68)32-16-42-13-27-51(28-14-42)75-55(70)46-19-29-49(30-20-46)71-35-3-34-58(62,63)64/h5-32H,1-4,33-39,65-66H2/b31-15+,32-16+. The molecule has 0 aliphatic heterocycles. The van der Waals surface area contributed by atoms with Crippen molar-refractivity contribution < 1.29 is 69.2 Å². The minimum atomic E-state index is -4.27. The zero-order chi connectivity index (χ0) is 53.9. The number of benzene rings is 6. The van der Waals surface area contributed by atoms with Crippen molar-refractivity contribution in [3.05, 3.63) is 197 Å². The molecule has 6 aromatic carbocycles. The van der Waals surface area contributed by atoms with Gasteiger partial charge in [-0.15, -0.1) is 0 Å². The van der Waals surface area contributed by atoms with E-state index < -0.39 is 54.5 Å². The number of carbonyl (C=O) groups excluding carboxylic acids is 4. The first-order valence-electron chi connectivity index (χ1n) is 23.8. The zero-order valence-corrected chi connectivity index (χ0v) is 40.5. The Kier molecular flexibility index (Phi) is 19.8. The second-order valence-electron chi connectivity index (χ2n) is 17.7. The number of hydrogen-bond donors (Lipinski definition) is 2. The number of rotatable bonds is 24. The number of halogens is 6. The quantitative estimate of drug-likeness (QED) is 0.0148. The van der Waals surface area contributed by atoms with Crippen LogP contribution < -0.4 is 25.7 Å². The fourth-order valence-electron chi connectivity index (χ4n) is 7.56. The number of hydrogen-bond acceptors (Lipinski definition) is 11. The molecular weight excluding hydrogens is 983 g/mol. The number of esters is 4. The predicted molar refractivity (Wildman–Crippen MR) is 272 cm³/mol. The van der Waals surface area contributed by atoms with Gasteiger partial charge in [0, 0.05) is 41.8 Å². The molecule has 392 valence electrons. The van der Waals surface area contributed by atoms with Crippen LogP contribution in [-0.4, -0.2) is 56.1 Å². The average Bonchev–Trinajstić information content (AvgIpc) is 3.38. The lowest BCUT2D eigenvalue weighted by atomic mass is 9.77. The van der Waals surface area contributed by atoms with E-state index in [0.717, 1.165) is 16.7 Å². The molecule has 0 aliphatic rings. The Balaban J connectivity index is 1.06. The molecule has 0 radical (unpaired) electrons. The Morgan fingerprint density at radius 3 is 1.27 bits per heavy atom. The lowest BCUT2D eigenvalue weighted by Crippen LogP contribution is -2.38. The highest BCUT2D eigenvalue weighted by Crippen LogP contribution is 2.32. The third kappa shape index (κ3) is 19.9. The van der Waals surface area contributed by atoms with E-state index in [4.69, 9.17) is 35.2 Å². The van der Waals surface area contributed by atoms with Gasteiger partial charge in [-0.05, 0) is 163 Å². The summed E-state index contributed by atoms with van der Waals surface area (Å²) in [6.07, 6.45) is -3.50. The van der Waals surface area contributed by atoms with Gasteiger partial charge in [-0.25, -0.2) is 19.2 Å². The molecule has 0 saturated carbocycles. The summed E-state index contributed by atoms with van der Waals surface area (Å²) < 4.78 is 103. The van der Waals surface area contributed by atoms with E-state index in [9.17, 15) is 45.5 Å². The van der Waals surface area contributed by atoms with E-state index in [1.165, 1.54) is 60.7 Å². The van der Waals surface area contributed by atoms with Gasteiger partial charge in [0.05, 0.1) is 17.7 Å². The number of nitrogens with two attached hydrogens (primary N) is 2. The SMILES string of the molecule is Nc1ccc(CC(COC(=O)/C=C/c2ccc(OC(=O)c3ccc(CCCCC(F)(F)F)cc3)cc2)(COC(=O)/C=C/c2ccc(OC(=O)c3ccc(OCCCC(F)(F)F)cc3)cc2)Cc2ccc(N)cc2)cc1. The molecule has 0 unspecified atom stereocenters. The molecule has 0 atom stereocenters. The molecule has 0 amide bonds. The lowest BCUT2D eigenvalue weighted by molar-refractivity contribution is -0.148. The van der Waals surface area contributed by atoms with Crippen LogP contribution in [0.3, 0.4) is 0 Å². The van der Waals surface area contributed by atoms with E-state index in [1.807, 2.05) is 24.3 Å². The topological polar surface area (TPSA) is 166 Å². The smallest absolute Gasteiger partial charge is 0.389 e. The summed E-state index contributed by atoms with van der Waals surface area (Å²) in [4.78, 5) is 52.3. The zero-order valence-electron chi connectivity index (χ0n) is 40.5. The van der Waals surface area contributed by atoms with Gasteiger partial charge in [-0.2, -0.15) is 26.3 Å². The molecule has 17 heteroatoms. The third-order valence-corrected chi connectivity index (χ3v) is 11.5. The Morgan fingerprint density at radius 1 is 0.453 bits per heavy atom. The van der Waals surface area contributed by atoms with Gasteiger partial charge in [-0.3, -0.25) is 0 Å². The van der Waals surface area contributed by atoms with E-state index in [-0.39, 0.29) is 55.3 Å². The van der Waals surface area contributed by atoms with Crippen LogP contribution in [0.4, 0.5) is 37.7 Å². The Labute approximate surface area is 429 Å². The van der Waals surface area contributed by atoms with Crippen molar-refractivity contribution in [1.82, 2.24) is 0 Å². The van der Waals surface area contributed by atoms with Crippen LogP contribution in [-0.2, 0) is 38.3 Å². The van der Waals surface area contributed by atoms with Gasteiger partial charge < -0.3 is 35.2 Å². The number of aryl methyl sites for hydroxylation is 1. The largest absolute Gasteiger partial charge is 0.494 e. The molecule has 0 saturated heterocycles. The number of anilines is 2. The molecule has 0 bridgehead atoms. The highest BCUT2D eigenvalue weighted by Gasteiger charge is 2.35. The maximum absolute atomic E-state index is 13.4. The maximum Gasteiger partial charge on any atom is 0.389 e. The van der Waals surface area contributed by atoms with Crippen molar-refractivity contribution in [1.29, 1.82) is 0 Å². The molecule has 4 N–H and O–H groups in total. The molecule has 11 nitrogen and oxygen atoms in total. The van der Waals surface area contributed by atoms with Crippen molar-refractivity contribution in [2.75, 3.05) is 31.3 Å². The van der Waals surface area contributed by atoms with Crippen molar-refractivity contribution in [2.24, 2.45) is 5.41 Å². The minimum absolute atomic E-state index is 0.0219. The highest BCUT2D eigenvalue weighted by molar-refractivity contribution is 5.92. The van der Waals surface area contributed by atoms with Crippen LogP contribution in [0.5, 0.6) is 17.2 Å². The van der Waals surface area contributed by atoms with Crippen molar-refractivity contribution in [3.8, 4) is 17.2 Å². The van der Waals surface area contributed by atoms with E-state index in [2.05, 4.69) is 0 Å². The fraction of sp³-hybridized carbons (Fsp3) is 0.241. The van der Waals surface area contributed by atoms with Crippen LogP contribution in [0.1, 0.15) is 80.6 Å². The van der Waals surface area contributed by atoms with E-state index in [1.54, 1.807) is 84.9 Å².